The van der Waals surface area contributed by atoms with E-state index in [1.165, 1.54) is 5.56 Å². The predicted molar refractivity (Wildman–Crippen MR) is 106 cm³/mol. The molecule has 1 aliphatic carbocycles. The Hall–Kier alpha value is -2.36. The van der Waals surface area contributed by atoms with Crippen molar-refractivity contribution in [3.8, 4) is 6.07 Å². The number of nitrogens with zero attached hydrogens (tertiary/aromatic N) is 2. The van der Waals surface area contributed by atoms with Gasteiger partial charge in [-0.05, 0) is 30.4 Å². The van der Waals surface area contributed by atoms with Crippen LogP contribution in [0.1, 0.15) is 30.4 Å². The van der Waals surface area contributed by atoms with Crippen LogP contribution in [0.2, 0.25) is 0 Å². The lowest BCUT2D eigenvalue weighted by molar-refractivity contribution is -0.136. The molecule has 138 valence electrons. The molecule has 2 fully saturated rings. The number of hydrogen-bond acceptors (Lipinski definition) is 5. The van der Waals surface area contributed by atoms with Crippen LogP contribution >= 0.6 is 12.2 Å². The van der Waals surface area contributed by atoms with Crippen LogP contribution in [0, 0.1) is 17.2 Å². The Morgan fingerprint density at radius 3 is 2.93 bits per heavy atom. The molecule has 1 aromatic carbocycles. The summed E-state index contributed by atoms with van der Waals surface area (Å²) in [5.41, 5.74) is 3.46. The Morgan fingerprint density at radius 1 is 1.33 bits per heavy atom. The molecule has 0 spiro atoms. The smallest absolute Gasteiger partial charge is 0.241 e. The summed E-state index contributed by atoms with van der Waals surface area (Å²) >= 11 is 5.42. The van der Waals surface area contributed by atoms with Gasteiger partial charge in [0, 0.05) is 24.4 Å². The third kappa shape index (κ3) is 3.33. The number of likely N-dealkylation sites (tertiary alicyclic amines) is 1. The fourth-order valence-electron chi connectivity index (χ4n) is 4.36. The normalized spacial score (nSPS) is 26.6. The molecule has 0 radical (unpaired) electrons. The zero-order chi connectivity index (χ0) is 19.0. The number of fused-ring (bicyclic) bond motifs is 1. The maximum absolute atomic E-state index is 13.0. The van der Waals surface area contributed by atoms with E-state index < -0.39 is 18.0 Å². The van der Waals surface area contributed by atoms with Gasteiger partial charge in [0.15, 0.2) is 0 Å². The van der Waals surface area contributed by atoms with Crippen LogP contribution in [0.3, 0.4) is 0 Å². The maximum atomic E-state index is 13.0. The van der Waals surface area contributed by atoms with E-state index in [0.717, 1.165) is 24.0 Å². The molecule has 0 bridgehead atoms. The highest BCUT2D eigenvalue weighted by molar-refractivity contribution is 7.80. The highest BCUT2D eigenvalue weighted by Crippen LogP contribution is 2.30. The minimum atomic E-state index is -0.636. The fraction of sp³-hybridized carbons (Fsp3) is 0.429. The van der Waals surface area contributed by atoms with Gasteiger partial charge in [0.25, 0.3) is 0 Å². The van der Waals surface area contributed by atoms with Gasteiger partial charge < -0.3 is 10.2 Å². The first-order valence-corrected chi connectivity index (χ1v) is 9.75. The number of ketones is 1. The van der Waals surface area contributed by atoms with Crippen LogP contribution in [0.4, 0.5) is 0 Å². The van der Waals surface area contributed by atoms with Crippen molar-refractivity contribution in [2.24, 2.45) is 5.92 Å². The Labute approximate surface area is 164 Å². The standard InChI is InChI=1S/C21H21N3O2S/c22-11-16-6-3-7-24(16)21(26)20-19(18(27)12-23-20)17(25)10-13-8-14-4-1-2-5-15(14)9-13/h1-2,4-5,8,16,19-20,23H,3,6-7,9-10,12H2/t16-,19?,20-/m0/s1. The third-order valence-corrected chi connectivity index (χ3v) is 6.11. The zero-order valence-electron chi connectivity index (χ0n) is 15.0. The number of Topliss-reactive ketones (excluding diaryl/α,β-unsaturated/α-hetero) is 1. The first kappa shape index (κ1) is 18.0. The van der Waals surface area contributed by atoms with Crippen LogP contribution in [0.15, 0.2) is 29.8 Å². The van der Waals surface area contributed by atoms with Crippen LogP contribution in [0.25, 0.3) is 6.08 Å². The van der Waals surface area contributed by atoms with E-state index in [-0.39, 0.29) is 11.7 Å². The van der Waals surface area contributed by atoms with Crippen LogP contribution in [0.5, 0.6) is 0 Å². The van der Waals surface area contributed by atoms with Crippen molar-refractivity contribution in [3.63, 3.8) is 0 Å². The molecular formula is C21H21N3O2S. The first-order chi connectivity index (χ1) is 13.1. The lowest BCUT2D eigenvalue weighted by Crippen LogP contribution is -2.49. The second kappa shape index (κ2) is 7.34. The number of rotatable bonds is 4. The second-order valence-corrected chi connectivity index (χ2v) is 7.97. The Bertz CT molecular complexity index is 886. The molecule has 6 heteroatoms. The average molecular weight is 379 g/mol. The molecule has 5 nitrogen and oxygen atoms in total. The van der Waals surface area contributed by atoms with Crippen LogP contribution in [-0.4, -0.2) is 46.6 Å². The molecule has 1 amide bonds. The van der Waals surface area contributed by atoms with Gasteiger partial charge in [-0.1, -0.05) is 48.1 Å². The summed E-state index contributed by atoms with van der Waals surface area (Å²) in [6, 6.07) is 9.29. The van der Waals surface area contributed by atoms with Gasteiger partial charge in [-0.15, -0.1) is 0 Å². The number of carbonyl (C=O) groups is 2. The molecule has 2 heterocycles. The summed E-state index contributed by atoms with van der Waals surface area (Å²) in [5, 5.41) is 12.4. The van der Waals surface area contributed by atoms with Crippen molar-refractivity contribution in [3.05, 3.63) is 41.0 Å². The number of benzene rings is 1. The minimum absolute atomic E-state index is 0.00453. The maximum Gasteiger partial charge on any atom is 0.241 e. The second-order valence-electron chi connectivity index (χ2n) is 7.44. The van der Waals surface area contributed by atoms with E-state index in [4.69, 9.17) is 12.2 Å². The molecule has 1 N–H and O–H groups in total. The third-order valence-electron chi connectivity index (χ3n) is 5.71. The van der Waals surface area contributed by atoms with Gasteiger partial charge >= 0.3 is 0 Å². The number of amides is 1. The van der Waals surface area contributed by atoms with E-state index in [9.17, 15) is 14.9 Å². The lowest BCUT2D eigenvalue weighted by atomic mass is 9.90. The van der Waals surface area contributed by atoms with E-state index >= 15 is 0 Å². The summed E-state index contributed by atoms with van der Waals surface area (Å²) in [6.45, 7) is 0.968. The zero-order valence-corrected chi connectivity index (χ0v) is 15.8. The molecule has 1 unspecified atom stereocenters. The molecule has 3 atom stereocenters. The molecule has 27 heavy (non-hydrogen) atoms. The molecule has 0 saturated carbocycles. The molecule has 4 rings (SSSR count). The monoisotopic (exact) mass is 379 g/mol. The Balaban J connectivity index is 1.48. The van der Waals surface area contributed by atoms with E-state index in [1.54, 1.807) is 4.90 Å². The highest BCUT2D eigenvalue weighted by atomic mass is 32.1. The van der Waals surface area contributed by atoms with Gasteiger partial charge in [-0.25, -0.2) is 0 Å². The summed E-state index contributed by atoms with van der Waals surface area (Å²) in [5.74, 6) is -0.756. The molecular weight excluding hydrogens is 358 g/mol. The first-order valence-electron chi connectivity index (χ1n) is 9.34. The van der Waals surface area contributed by atoms with Gasteiger partial charge in [0.1, 0.15) is 17.9 Å². The highest BCUT2D eigenvalue weighted by Gasteiger charge is 2.44. The summed E-state index contributed by atoms with van der Waals surface area (Å²) in [4.78, 5) is 28.2. The van der Waals surface area contributed by atoms with Gasteiger partial charge in [0.2, 0.25) is 5.91 Å². The van der Waals surface area contributed by atoms with Crippen molar-refractivity contribution in [1.29, 1.82) is 5.26 Å². The molecule has 0 aromatic heterocycles. The van der Waals surface area contributed by atoms with Crippen molar-refractivity contribution < 1.29 is 9.59 Å². The van der Waals surface area contributed by atoms with Crippen LogP contribution < -0.4 is 5.32 Å². The Morgan fingerprint density at radius 2 is 2.15 bits per heavy atom. The molecule has 2 aliphatic heterocycles. The number of hydrogen-bond donors (Lipinski definition) is 1. The minimum Gasteiger partial charge on any atom is -0.325 e. The largest absolute Gasteiger partial charge is 0.325 e. The fourth-order valence-corrected chi connectivity index (χ4v) is 4.71. The summed E-state index contributed by atoms with van der Waals surface area (Å²) in [6.07, 6.45) is 4.68. The molecule has 1 aromatic rings. The lowest BCUT2D eigenvalue weighted by Gasteiger charge is -2.26. The molecule has 2 saturated heterocycles. The van der Waals surface area contributed by atoms with Crippen molar-refractivity contribution in [1.82, 2.24) is 10.2 Å². The quantitative estimate of drug-likeness (QED) is 0.811. The summed E-state index contributed by atoms with van der Waals surface area (Å²) in [7, 11) is 0. The topological polar surface area (TPSA) is 73.2 Å². The van der Waals surface area contributed by atoms with Crippen molar-refractivity contribution in [2.75, 3.05) is 13.1 Å². The number of thiocarbonyl (C=S) groups is 1. The Kier molecular flexibility index (Phi) is 4.90. The van der Waals surface area contributed by atoms with Crippen molar-refractivity contribution >= 4 is 34.8 Å². The number of nitriles is 1. The van der Waals surface area contributed by atoms with Crippen molar-refractivity contribution in [2.45, 2.75) is 37.8 Å². The predicted octanol–water partition coefficient (Wildman–Crippen LogP) is 2.06. The summed E-state index contributed by atoms with van der Waals surface area (Å²) < 4.78 is 0. The van der Waals surface area contributed by atoms with Gasteiger partial charge in [0.05, 0.1) is 12.0 Å². The number of nitrogens with one attached hydrogen (secondary N) is 1. The van der Waals surface area contributed by atoms with Gasteiger partial charge in [-0.3, -0.25) is 9.59 Å². The van der Waals surface area contributed by atoms with Gasteiger partial charge in [-0.2, -0.15) is 5.26 Å². The molecule has 3 aliphatic rings. The number of allylic oxidation sites excluding steroid dienone is 1. The van der Waals surface area contributed by atoms with Crippen LogP contribution in [-0.2, 0) is 16.0 Å². The van der Waals surface area contributed by atoms with E-state index in [2.05, 4.69) is 29.6 Å². The average Bonchev–Trinajstić information content (AvgIpc) is 3.37. The van der Waals surface area contributed by atoms with E-state index in [0.29, 0.717) is 30.8 Å². The SMILES string of the molecule is N#C[C@@H]1CCCN1C(=O)[C@H]1NCC(=S)C1C(=O)CC1=Cc2ccccc2C1. The number of carbonyl (C=O) groups excluding carboxylic acids is 2. The van der Waals surface area contributed by atoms with E-state index in [1.807, 2.05) is 12.1 Å².